The smallest absolute Gasteiger partial charge is 0.258 e. The molecule has 2 aliphatic heterocycles. The lowest BCUT2D eigenvalue weighted by Crippen LogP contribution is -2.71. The number of carbonyl (C=O) groups is 1. The van der Waals surface area contributed by atoms with Gasteiger partial charge in [0.25, 0.3) is 5.91 Å². The van der Waals surface area contributed by atoms with Gasteiger partial charge in [-0.25, -0.2) is 0 Å². The van der Waals surface area contributed by atoms with Crippen LogP contribution in [0.25, 0.3) is 0 Å². The van der Waals surface area contributed by atoms with Gasteiger partial charge < -0.3 is 24.2 Å². The Hall–Kier alpha value is -2.15. The van der Waals surface area contributed by atoms with E-state index in [0.717, 1.165) is 11.3 Å². The summed E-state index contributed by atoms with van der Waals surface area (Å²) >= 11 is 0. The summed E-state index contributed by atoms with van der Waals surface area (Å²) in [4.78, 5) is 14.2. The topological polar surface area (TPSA) is 68.2 Å². The summed E-state index contributed by atoms with van der Waals surface area (Å²) in [6.45, 7) is 4.27. The third-order valence-corrected chi connectivity index (χ3v) is 4.54. The molecule has 0 radical (unpaired) electrons. The molecule has 1 aromatic carbocycles. The predicted octanol–water partition coefficient (Wildman–Crippen LogP) is 1.69. The van der Waals surface area contributed by atoms with Crippen LogP contribution < -0.4 is 9.64 Å². The number of allylic oxidation sites excluding steroid dienone is 1. The van der Waals surface area contributed by atoms with Gasteiger partial charge in [-0.1, -0.05) is 12.2 Å². The highest BCUT2D eigenvalue weighted by molar-refractivity contribution is 6.05. The van der Waals surface area contributed by atoms with Gasteiger partial charge in [0, 0.05) is 5.69 Å². The number of methoxy groups -OCH3 is 1. The molecule has 0 aliphatic carbocycles. The Morgan fingerprint density at radius 1 is 1.36 bits per heavy atom. The van der Waals surface area contributed by atoms with Crippen LogP contribution in [0.4, 0.5) is 5.69 Å². The number of carbonyl (C=O) groups excluding carboxylic acids is 1. The van der Waals surface area contributed by atoms with E-state index in [4.69, 9.17) is 14.2 Å². The van der Waals surface area contributed by atoms with Crippen LogP contribution in [0.2, 0.25) is 0 Å². The van der Waals surface area contributed by atoms with Crippen LogP contribution >= 0.6 is 0 Å². The number of fused-ring (bicyclic) bond motifs is 1. The standard InChI is InChI=1S/C19H23NO5/c1-3-4-13-9-10-24-18-17(16(11-21)25-12-13)20(19(18)22)14-5-7-15(23-2)8-6-14/h3,5-9,16-18,21H,1,4,10-12H2,2H3/b13-9-/t16-,17+,18-/m1/s1. The lowest BCUT2D eigenvalue weighted by Gasteiger charge is -2.49. The minimum atomic E-state index is -0.612. The van der Waals surface area contributed by atoms with Crippen LogP contribution in [0.5, 0.6) is 5.75 Å². The average Bonchev–Trinajstić information content (AvgIpc) is 2.71. The fraction of sp³-hybridized carbons (Fsp3) is 0.421. The zero-order chi connectivity index (χ0) is 17.8. The highest BCUT2D eigenvalue weighted by Crippen LogP contribution is 2.34. The second kappa shape index (κ2) is 7.82. The first-order valence-corrected chi connectivity index (χ1v) is 8.29. The zero-order valence-corrected chi connectivity index (χ0v) is 14.3. The Bertz CT molecular complexity index is 654. The number of β-lactam (4-membered cyclic amide) rings is 1. The van der Waals surface area contributed by atoms with Crippen molar-refractivity contribution in [2.45, 2.75) is 24.7 Å². The molecule has 25 heavy (non-hydrogen) atoms. The van der Waals surface area contributed by atoms with E-state index in [-0.39, 0.29) is 18.6 Å². The lowest BCUT2D eigenvalue weighted by atomic mass is 9.91. The molecule has 1 aromatic rings. The minimum absolute atomic E-state index is 0.127. The summed E-state index contributed by atoms with van der Waals surface area (Å²) in [6, 6.07) is 6.86. The van der Waals surface area contributed by atoms with Crippen molar-refractivity contribution < 1.29 is 24.1 Å². The van der Waals surface area contributed by atoms with Crippen molar-refractivity contribution in [1.82, 2.24) is 0 Å². The van der Waals surface area contributed by atoms with Crippen molar-refractivity contribution >= 4 is 11.6 Å². The number of hydrogen-bond acceptors (Lipinski definition) is 5. The fourth-order valence-corrected chi connectivity index (χ4v) is 3.19. The van der Waals surface area contributed by atoms with Gasteiger partial charge in [0.15, 0.2) is 6.10 Å². The number of anilines is 1. The molecule has 2 aliphatic rings. The summed E-state index contributed by atoms with van der Waals surface area (Å²) in [5.41, 5.74) is 1.76. The van der Waals surface area contributed by atoms with Crippen molar-refractivity contribution in [3.63, 3.8) is 0 Å². The summed E-state index contributed by atoms with van der Waals surface area (Å²) < 4.78 is 16.8. The van der Waals surface area contributed by atoms with Gasteiger partial charge in [-0.15, -0.1) is 6.58 Å². The maximum Gasteiger partial charge on any atom is 0.258 e. The van der Waals surface area contributed by atoms with E-state index in [9.17, 15) is 9.90 Å². The van der Waals surface area contributed by atoms with E-state index < -0.39 is 12.2 Å². The van der Waals surface area contributed by atoms with Gasteiger partial charge in [0.1, 0.15) is 17.9 Å². The first-order valence-electron chi connectivity index (χ1n) is 8.29. The van der Waals surface area contributed by atoms with Gasteiger partial charge in [-0.3, -0.25) is 4.79 Å². The quantitative estimate of drug-likeness (QED) is 0.650. The van der Waals surface area contributed by atoms with E-state index in [1.54, 1.807) is 30.2 Å². The fourth-order valence-electron chi connectivity index (χ4n) is 3.19. The van der Waals surface area contributed by atoms with Crippen LogP contribution in [0.15, 0.2) is 48.6 Å². The number of aliphatic hydroxyl groups is 1. The molecule has 0 saturated carbocycles. The third kappa shape index (κ3) is 3.46. The van der Waals surface area contributed by atoms with Gasteiger partial charge in [-0.05, 0) is 36.3 Å². The number of hydrogen-bond donors (Lipinski definition) is 1. The van der Waals surface area contributed by atoms with Crippen LogP contribution in [0, 0.1) is 0 Å². The van der Waals surface area contributed by atoms with Gasteiger partial charge >= 0.3 is 0 Å². The molecular weight excluding hydrogens is 322 g/mol. The molecule has 3 atom stereocenters. The lowest BCUT2D eigenvalue weighted by molar-refractivity contribution is -0.148. The minimum Gasteiger partial charge on any atom is -0.497 e. The SMILES string of the molecule is C=CC/C1=C/CO[C@H]2C(=O)N(c3ccc(OC)cc3)[C@H]2[C@@H](CO)OC1. The monoisotopic (exact) mass is 345 g/mol. The molecular formula is C19H23NO5. The maximum atomic E-state index is 12.6. The van der Waals surface area contributed by atoms with Gasteiger partial charge in [-0.2, -0.15) is 0 Å². The van der Waals surface area contributed by atoms with Crippen LogP contribution in [-0.4, -0.2) is 56.2 Å². The van der Waals surface area contributed by atoms with Crippen molar-refractivity contribution in [3.05, 3.63) is 48.6 Å². The highest BCUT2D eigenvalue weighted by atomic mass is 16.5. The van der Waals surface area contributed by atoms with E-state index in [2.05, 4.69) is 6.58 Å². The number of rotatable bonds is 5. The summed E-state index contributed by atoms with van der Waals surface area (Å²) in [5.74, 6) is 0.588. The first kappa shape index (κ1) is 17.7. The highest BCUT2D eigenvalue weighted by Gasteiger charge is 2.53. The number of nitrogens with zero attached hydrogens (tertiary/aromatic N) is 1. The molecule has 0 bridgehead atoms. The Labute approximate surface area is 147 Å². The second-order valence-corrected chi connectivity index (χ2v) is 6.04. The first-order chi connectivity index (χ1) is 12.2. The van der Waals surface area contributed by atoms with Crippen molar-refractivity contribution in [1.29, 1.82) is 0 Å². The number of ether oxygens (including phenoxy) is 3. The molecule has 0 spiro atoms. The van der Waals surface area contributed by atoms with Crippen molar-refractivity contribution in [2.75, 3.05) is 31.8 Å². The normalized spacial score (nSPS) is 28.6. The summed E-state index contributed by atoms with van der Waals surface area (Å²) in [7, 11) is 1.59. The van der Waals surface area contributed by atoms with Gasteiger partial charge in [0.05, 0.1) is 26.9 Å². The average molecular weight is 345 g/mol. The largest absolute Gasteiger partial charge is 0.497 e. The Balaban J connectivity index is 1.82. The molecule has 0 aromatic heterocycles. The Morgan fingerprint density at radius 2 is 2.12 bits per heavy atom. The molecule has 0 unspecified atom stereocenters. The van der Waals surface area contributed by atoms with Crippen LogP contribution in [0.3, 0.4) is 0 Å². The molecule has 6 heteroatoms. The molecule has 1 fully saturated rings. The predicted molar refractivity (Wildman–Crippen MR) is 93.7 cm³/mol. The van der Waals surface area contributed by atoms with Gasteiger partial charge in [0.2, 0.25) is 0 Å². The number of benzene rings is 1. The molecule has 1 N–H and O–H groups in total. The molecule has 134 valence electrons. The molecule has 6 nitrogen and oxygen atoms in total. The van der Waals surface area contributed by atoms with Crippen LogP contribution in [0.1, 0.15) is 6.42 Å². The Morgan fingerprint density at radius 3 is 2.76 bits per heavy atom. The van der Waals surface area contributed by atoms with Crippen LogP contribution in [-0.2, 0) is 14.3 Å². The number of amides is 1. The summed E-state index contributed by atoms with van der Waals surface area (Å²) in [6.07, 6.45) is 3.27. The zero-order valence-electron chi connectivity index (χ0n) is 14.3. The second-order valence-electron chi connectivity index (χ2n) is 6.04. The molecule has 3 rings (SSSR count). The van der Waals surface area contributed by atoms with E-state index in [1.165, 1.54) is 0 Å². The number of aliphatic hydroxyl groups excluding tert-OH is 1. The maximum absolute atomic E-state index is 12.6. The van der Waals surface area contributed by atoms with Crippen molar-refractivity contribution in [2.24, 2.45) is 0 Å². The Kier molecular flexibility index (Phi) is 5.53. The van der Waals surface area contributed by atoms with E-state index in [0.29, 0.717) is 25.4 Å². The third-order valence-electron chi connectivity index (χ3n) is 4.54. The molecule has 1 amide bonds. The molecule has 2 heterocycles. The molecule has 1 saturated heterocycles. The van der Waals surface area contributed by atoms with Crippen molar-refractivity contribution in [3.8, 4) is 5.75 Å². The van der Waals surface area contributed by atoms with E-state index >= 15 is 0 Å². The summed E-state index contributed by atoms with van der Waals surface area (Å²) in [5, 5.41) is 9.79. The van der Waals surface area contributed by atoms with E-state index in [1.807, 2.05) is 18.2 Å².